The molecule has 0 amide bonds. The average molecular weight is 526 g/mol. The van der Waals surface area contributed by atoms with Crippen LogP contribution >= 0.6 is 0 Å². The normalized spacial score (nSPS) is 10.9. The molecule has 2 aromatic carbocycles. The van der Waals surface area contributed by atoms with E-state index < -0.39 is 0 Å². The third-order valence-corrected chi connectivity index (χ3v) is 5.89. The van der Waals surface area contributed by atoms with Crippen LogP contribution in [0.4, 0.5) is 5.69 Å². The van der Waals surface area contributed by atoms with E-state index in [1.807, 2.05) is 27.7 Å². The van der Waals surface area contributed by atoms with Crippen molar-refractivity contribution in [1.82, 2.24) is 5.32 Å². The summed E-state index contributed by atoms with van der Waals surface area (Å²) in [6.07, 6.45) is 6.73. The Bertz CT molecular complexity index is 830. The minimum Gasteiger partial charge on any atom is -0.385 e. The Balaban J connectivity index is -0.000000524. The van der Waals surface area contributed by atoms with Gasteiger partial charge in [-0.3, -0.25) is 0 Å². The number of rotatable bonds is 11. The third-order valence-electron chi connectivity index (χ3n) is 5.89. The van der Waals surface area contributed by atoms with Crippen molar-refractivity contribution >= 4 is 18.7 Å². The highest BCUT2D eigenvalue weighted by Gasteiger charge is 2.23. The highest BCUT2D eigenvalue weighted by molar-refractivity contribution is 5.52. The van der Waals surface area contributed by atoms with Gasteiger partial charge >= 0.3 is 0 Å². The van der Waals surface area contributed by atoms with Crippen LogP contribution in [0.3, 0.4) is 0 Å². The Morgan fingerprint density at radius 2 is 1.55 bits per heavy atom. The van der Waals surface area contributed by atoms with E-state index in [1.165, 1.54) is 34.2 Å². The van der Waals surface area contributed by atoms with Crippen LogP contribution < -0.4 is 10.6 Å². The first-order valence-corrected chi connectivity index (χ1v) is 14.2. The van der Waals surface area contributed by atoms with Crippen LogP contribution in [-0.2, 0) is 17.6 Å². The Morgan fingerprint density at radius 1 is 1.00 bits per heavy atom. The van der Waals surface area contributed by atoms with Gasteiger partial charge in [0.2, 0.25) is 0 Å². The van der Waals surface area contributed by atoms with Crippen LogP contribution in [0.15, 0.2) is 60.7 Å². The molecule has 216 valence electrons. The van der Waals surface area contributed by atoms with Gasteiger partial charge in [0.25, 0.3) is 0 Å². The molecule has 0 saturated carbocycles. The molecular weight excluding hydrogens is 466 g/mol. The number of hydrogen-bond donors (Lipinski definition) is 3. The lowest BCUT2D eigenvalue weighted by Gasteiger charge is -2.31. The Morgan fingerprint density at radius 3 is 1.89 bits per heavy atom. The molecule has 0 spiro atoms. The number of likely N-dealkylation sites (N-methyl/N-ethyl adjacent to an activating group) is 1. The van der Waals surface area contributed by atoms with Crippen molar-refractivity contribution in [1.29, 1.82) is 5.41 Å². The number of carbonyl (C=O) groups is 1. The Labute approximate surface area is 236 Å². The summed E-state index contributed by atoms with van der Waals surface area (Å²) >= 11 is 0. The zero-order chi connectivity index (χ0) is 30.0. The van der Waals surface area contributed by atoms with E-state index in [-0.39, 0.29) is 5.54 Å². The van der Waals surface area contributed by atoms with Crippen LogP contribution in [0, 0.1) is 11.3 Å². The number of unbranched alkanes of at least 4 members (excludes halogenated alkanes) is 1. The van der Waals surface area contributed by atoms with Crippen LogP contribution in [0.1, 0.15) is 98.3 Å². The maximum atomic E-state index is 8.00. The number of anilines is 1. The zero-order valence-electron chi connectivity index (χ0n) is 26.3. The zero-order valence-corrected chi connectivity index (χ0v) is 26.3. The van der Waals surface area contributed by atoms with Crippen LogP contribution in [0.25, 0.3) is 0 Å². The second kappa shape index (κ2) is 25.9. The number of nitrogens with one attached hydrogen (secondary N) is 3. The molecule has 0 heterocycles. The fourth-order valence-corrected chi connectivity index (χ4v) is 3.59. The highest BCUT2D eigenvalue weighted by atomic mass is 16.1. The van der Waals surface area contributed by atoms with Crippen molar-refractivity contribution in [2.45, 2.75) is 100.0 Å². The standard InChI is InChI=1S/C17H21N.C10H21N.C4H9N.C2H6.CH2O/c1-3-14-6-5-7-16(12-14)13-15-8-10-17(11-9-15)18-4-2;1-8(2)7-10(5,11-6)9(3)4;1-2-3-4-5;2*1-2/h5-12,18H,3-4,13H2,1-2H3;8,11H,3,7H2,1-2,4-6H3;4-5H,2-3H2,1H3;1-2H3;1H2. The van der Waals surface area contributed by atoms with Crippen molar-refractivity contribution in [2.75, 3.05) is 18.9 Å². The van der Waals surface area contributed by atoms with E-state index in [4.69, 9.17) is 10.2 Å². The lowest BCUT2D eigenvalue weighted by Crippen LogP contribution is -2.41. The van der Waals surface area contributed by atoms with E-state index in [0.717, 1.165) is 38.6 Å². The van der Waals surface area contributed by atoms with Crippen LogP contribution in [-0.4, -0.2) is 32.1 Å². The summed E-state index contributed by atoms with van der Waals surface area (Å²) in [4.78, 5) is 8.00. The van der Waals surface area contributed by atoms with Gasteiger partial charge in [-0.1, -0.05) is 96.5 Å². The van der Waals surface area contributed by atoms with E-state index in [1.54, 1.807) is 0 Å². The first-order chi connectivity index (χ1) is 18.1. The summed E-state index contributed by atoms with van der Waals surface area (Å²) in [5, 5.41) is 13.1. The van der Waals surface area contributed by atoms with E-state index >= 15 is 0 Å². The fraction of sp³-hybridized carbons (Fsp3) is 0.529. The van der Waals surface area contributed by atoms with Gasteiger partial charge in [0.1, 0.15) is 6.79 Å². The smallest absolute Gasteiger partial charge is 0.106 e. The van der Waals surface area contributed by atoms with Crippen molar-refractivity contribution in [2.24, 2.45) is 5.92 Å². The molecule has 38 heavy (non-hydrogen) atoms. The van der Waals surface area contributed by atoms with Gasteiger partial charge in [0, 0.05) is 17.8 Å². The monoisotopic (exact) mass is 525 g/mol. The van der Waals surface area contributed by atoms with Crippen molar-refractivity contribution in [3.8, 4) is 0 Å². The molecule has 2 rings (SSSR count). The van der Waals surface area contributed by atoms with Gasteiger partial charge in [0.05, 0.1) is 0 Å². The van der Waals surface area contributed by atoms with Crippen molar-refractivity contribution < 1.29 is 4.79 Å². The molecule has 3 N–H and O–H groups in total. The van der Waals surface area contributed by atoms with Gasteiger partial charge in [-0.25, -0.2) is 0 Å². The van der Waals surface area contributed by atoms with E-state index in [2.05, 4.69) is 114 Å². The highest BCUT2D eigenvalue weighted by Crippen LogP contribution is 2.22. The Hall–Kier alpha value is -2.72. The molecule has 0 bridgehead atoms. The number of carbonyl (C=O) groups excluding carboxylic acids is 1. The lowest BCUT2D eigenvalue weighted by molar-refractivity contribution is -0.0980. The Kier molecular flexibility index (Phi) is 27.1. The molecule has 0 saturated heterocycles. The predicted octanol–water partition coefficient (Wildman–Crippen LogP) is 9.14. The molecule has 4 heteroatoms. The van der Waals surface area contributed by atoms with Gasteiger partial charge < -0.3 is 20.8 Å². The average Bonchev–Trinajstić information content (AvgIpc) is 2.93. The summed E-state index contributed by atoms with van der Waals surface area (Å²) in [5.41, 5.74) is 6.71. The predicted molar refractivity (Wildman–Crippen MR) is 173 cm³/mol. The number of hydrogen-bond acceptors (Lipinski definition) is 4. The molecule has 0 fully saturated rings. The maximum Gasteiger partial charge on any atom is 0.106 e. The molecule has 0 radical (unpaired) electrons. The van der Waals surface area contributed by atoms with Crippen molar-refractivity contribution in [3.05, 3.63) is 77.4 Å². The third kappa shape index (κ3) is 19.4. The minimum atomic E-state index is 0.119. The van der Waals surface area contributed by atoms with Gasteiger partial charge in [0.15, 0.2) is 0 Å². The van der Waals surface area contributed by atoms with Crippen LogP contribution in [0.5, 0.6) is 0 Å². The minimum absolute atomic E-state index is 0.119. The molecule has 1 atom stereocenters. The van der Waals surface area contributed by atoms with Gasteiger partial charge in [-0.15, -0.1) is 0 Å². The number of benzene rings is 2. The molecule has 0 aliphatic rings. The van der Waals surface area contributed by atoms with Gasteiger partial charge in [-0.2, -0.15) is 0 Å². The van der Waals surface area contributed by atoms with Gasteiger partial charge in [-0.05, 0) is 94.5 Å². The summed E-state index contributed by atoms with van der Waals surface area (Å²) in [6, 6.07) is 17.6. The molecule has 2 aromatic rings. The van der Waals surface area contributed by atoms with Crippen LogP contribution in [0.2, 0.25) is 0 Å². The molecule has 4 nitrogen and oxygen atoms in total. The van der Waals surface area contributed by atoms with E-state index in [9.17, 15) is 0 Å². The quantitative estimate of drug-likeness (QED) is 0.202. The lowest BCUT2D eigenvalue weighted by atomic mass is 9.85. The summed E-state index contributed by atoms with van der Waals surface area (Å²) in [5.74, 6) is 0.712. The SMILES string of the molecule is C=C(C)C(C)(CC(C)C)NC.C=O.CC.CCCC=N.CCNc1ccc(Cc2cccc(CC)c2)cc1. The second-order valence-electron chi connectivity index (χ2n) is 9.53. The first kappa shape index (κ1) is 39.8. The van der Waals surface area contributed by atoms with E-state index in [0.29, 0.717) is 5.92 Å². The summed E-state index contributed by atoms with van der Waals surface area (Å²) in [6.45, 7) is 26.1. The molecule has 0 aliphatic carbocycles. The second-order valence-corrected chi connectivity index (χ2v) is 9.53. The summed E-state index contributed by atoms with van der Waals surface area (Å²) in [7, 11) is 2.00. The fourth-order valence-electron chi connectivity index (χ4n) is 3.59. The first-order valence-electron chi connectivity index (χ1n) is 14.2. The molecule has 0 aliphatic heterocycles. The molecule has 1 unspecified atom stereocenters. The largest absolute Gasteiger partial charge is 0.385 e. The molecule has 0 aromatic heterocycles. The summed E-state index contributed by atoms with van der Waals surface area (Å²) < 4.78 is 0. The van der Waals surface area contributed by atoms with Crippen molar-refractivity contribution in [3.63, 3.8) is 0 Å². The number of aryl methyl sites for hydroxylation is 1. The topological polar surface area (TPSA) is 65.0 Å². The molecular formula is C34H59N3O. The maximum absolute atomic E-state index is 8.00.